The number of allylic oxidation sites excluding steroid dienone is 10. The van der Waals surface area contributed by atoms with Crippen molar-refractivity contribution < 1.29 is 28.6 Å². The third-order valence-electron chi connectivity index (χ3n) is 11.0. The Kier molecular flexibility index (Phi) is 47.4. The SMILES string of the molecule is CCCCC/C=C\C/C=C\C/C=C\C/C=C\C/C=C\CCC(=O)OC[C@H](COC(=O)CCCCCCCCCCCCC)OC(=O)CCCCCCCCCCCCCCC. The number of carbonyl (C=O) groups is 3. The van der Waals surface area contributed by atoms with Gasteiger partial charge in [-0.05, 0) is 57.8 Å². The van der Waals surface area contributed by atoms with Gasteiger partial charge in [0.15, 0.2) is 6.10 Å². The van der Waals surface area contributed by atoms with Crippen molar-refractivity contribution in [2.45, 2.75) is 258 Å². The zero-order valence-electron chi connectivity index (χ0n) is 40.2. The molecular formula is C55H96O6. The van der Waals surface area contributed by atoms with E-state index < -0.39 is 6.10 Å². The summed E-state index contributed by atoms with van der Waals surface area (Å²) in [6.07, 6.45) is 60.7. The average Bonchev–Trinajstić information content (AvgIpc) is 3.26. The van der Waals surface area contributed by atoms with Crippen molar-refractivity contribution in [2.75, 3.05) is 13.2 Å². The molecule has 1 atom stereocenters. The van der Waals surface area contributed by atoms with Gasteiger partial charge in [0.1, 0.15) is 13.2 Å². The second-order valence-corrected chi connectivity index (χ2v) is 17.1. The number of hydrogen-bond donors (Lipinski definition) is 0. The molecule has 6 heteroatoms. The van der Waals surface area contributed by atoms with E-state index in [0.717, 1.165) is 64.2 Å². The van der Waals surface area contributed by atoms with Crippen molar-refractivity contribution in [1.82, 2.24) is 0 Å². The second-order valence-electron chi connectivity index (χ2n) is 17.1. The number of unbranched alkanes of at least 4 members (excludes halogenated alkanes) is 25. The first kappa shape index (κ1) is 58.1. The highest BCUT2D eigenvalue weighted by Crippen LogP contribution is 2.15. The Morgan fingerprint density at radius 2 is 0.623 bits per heavy atom. The van der Waals surface area contributed by atoms with Gasteiger partial charge in [-0.1, -0.05) is 236 Å². The largest absolute Gasteiger partial charge is 0.462 e. The van der Waals surface area contributed by atoms with Crippen molar-refractivity contribution in [1.29, 1.82) is 0 Å². The average molecular weight is 853 g/mol. The molecule has 0 aromatic heterocycles. The van der Waals surface area contributed by atoms with Crippen molar-refractivity contribution in [3.63, 3.8) is 0 Å². The van der Waals surface area contributed by atoms with E-state index in [0.29, 0.717) is 19.3 Å². The van der Waals surface area contributed by atoms with Crippen LogP contribution in [0.5, 0.6) is 0 Å². The van der Waals surface area contributed by atoms with E-state index in [1.54, 1.807) is 0 Å². The van der Waals surface area contributed by atoms with Crippen molar-refractivity contribution >= 4 is 17.9 Å². The minimum atomic E-state index is -0.798. The molecule has 0 spiro atoms. The van der Waals surface area contributed by atoms with Crippen LogP contribution in [0, 0.1) is 0 Å². The maximum absolute atomic E-state index is 12.8. The van der Waals surface area contributed by atoms with Gasteiger partial charge in [-0.3, -0.25) is 14.4 Å². The van der Waals surface area contributed by atoms with E-state index in [1.165, 1.54) is 141 Å². The summed E-state index contributed by atoms with van der Waals surface area (Å²) in [5, 5.41) is 0. The summed E-state index contributed by atoms with van der Waals surface area (Å²) < 4.78 is 16.7. The van der Waals surface area contributed by atoms with Gasteiger partial charge < -0.3 is 14.2 Å². The molecule has 0 radical (unpaired) electrons. The molecule has 0 aromatic rings. The number of hydrogen-bond acceptors (Lipinski definition) is 6. The summed E-state index contributed by atoms with van der Waals surface area (Å²) in [7, 11) is 0. The minimum Gasteiger partial charge on any atom is -0.462 e. The zero-order chi connectivity index (χ0) is 44.4. The van der Waals surface area contributed by atoms with Crippen LogP contribution in [0.2, 0.25) is 0 Å². The first-order valence-electron chi connectivity index (χ1n) is 25.8. The van der Waals surface area contributed by atoms with Gasteiger partial charge >= 0.3 is 17.9 Å². The molecule has 0 bridgehead atoms. The summed E-state index contributed by atoms with van der Waals surface area (Å²) in [6, 6.07) is 0. The first-order valence-corrected chi connectivity index (χ1v) is 25.8. The molecular weight excluding hydrogens is 757 g/mol. The molecule has 0 amide bonds. The summed E-state index contributed by atoms with van der Waals surface area (Å²) >= 11 is 0. The summed E-state index contributed by atoms with van der Waals surface area (Å²) in [6.45, 7) is 6.54. The Balaban J connectivity index is 4.45. The first-order chi connectivity index (χ1) is 30.0. The van der Waals surface area contributed by atoms with E-state index in [2.05, 4.69) is 75.5 Å². The van der Waals surface area contributed by atoms with Crippen LogP contribution in [-0.4, -0.2) is 37.2 Å². The molecule has 0 aliphatic rings. The molecule has 0 N–H and O–H groups in total. The Labute approximate surface area is 377 Å². The quantitative estimate of drug-likeness (QED) is 0.0263. The molecule has 0 saturated carbocycles. The number of rotatable bonds is 46. The van der Waals surface area contributed by atoms with Crippen LogP contribution in [0.1, 0.15) is 252 Å². The third-order valence-corrected chi connectivity index (χ3v) is 11.0. The fourth-order valence-corrected chi connectivity index (χ4v) is 7.13. The topological polar surface area (TPSA) is 78.9 Å². The van der Waals surface area contributed by atoms with Gasteiger partial charge in [0.2, 0.25) is 0 Å². The van der Waals surface area contributed by atoms with Crippen molar-refractivity contribution in [2.24, 2.45) is 0 Å². The molecule has 0 heterocycles. The lowest BCUT2D eigenvalue weighted by Crippen LogP contribution is -2.30. The molecule has 0 rings (SSSR count). The zero-order valence-corrected chi connectivity index (χ0v) is 40.2. The molecule has 352 valence electrons. The fourth-order valence-electron chi connectivity index (χ4n) is 7.13. The molecule has 0 unspecified atom stereocenters. The second kappa shape index (κ2) is 49.8. The summed E-state index contributed by atoms with van der Waals surface area (Å²) in [5.41, 5.74) is 0. The third kappa shape index (κ3) is 48.0. The smallest absolute Gasteiger partial charge is 0.306 e. The van der Waals surface area contributed by atoms with E-state index in [4.69, 9.17) is 14.2 Å². The van der Waals surface area contributed by atoms with Crippen LogP contribution in [0.4, 0.5) is 0 Å². The number of esters is 3. The Morgan fingerprint density at radius 1 is 0.328 bits per heavy atom. The van der Waals surface area contributed by atoms with Crippen molar-refractivity contribution in [3.05, 3.63) is 60.8 Å². The number of carbonyl (C=O) groups excluding carboxylic acids is 3. The molecule has 0 aliphatic heterocycles. The van der Waals surface area contributed by atoms with Crippen molar-refractivity contribution in [3.8, 4) is 0 Å². The lowest BCUT2D eigenvalue weighted by molar-refractivity contribution is -0.166. The summed E-state index contributed by atoms with van der Waals surface area (Å²) in [4.78, 5) is 37.9. The molecule has 0 aliphatic carbocycles. The Bertz CT molecular complexity index is 1120. The predicted molar refractivity (Wildman–Crippen MR) is 261 cm³/mol. The van der Waals surface area contributed by atoms with Crippen LogP contribution in [0.15, 0.2) is 60.8 Å². The van der Waals surface area contributed by atoms with Crippen LogP contribution in [-0.2, 0) is 28.6 Å². The van der Waals surface area contributed by atoms with E-state index in [1.807, 2.05) is 6.08 Å². The highest BCUT2D eigenvalue weighted by molar-refractivity contribution is 5.71. The maximum atomic E-state index is 12.8. The van der Waals surface area contributed by atoms with E-state index in [9.17, 15) is 14.4 Å². The number of ether oxygens (including phenoxy) is 3. The highest BCUT2D eigenvalue weighted by atomic mass is 16.6. The van der Waals surface area contributed by atoms with Gasteiger partial charge in [-0.25, -0.2) is 0 Å². The van der Waals surface area contributed by atoms with Gasteiger partial charge in [0, 0.05) is 19.3 Å². The van der Waals surface area contributed by atoms with Gasteiger partial charge in [-0.2, -0.15) is 0 Å². The monoisotopic (exact) mass is 853 g/mol. The van der Waals surface area contributed by atoms with Crippen LogP contribution in [0.3, 0.4) is 0 Å². The van der Waals surface area contributed by atoms with E-state index >= 15 is 0 Å². The molecule has 6 nitrogen and oxygen atoms in total. The molecule has 0 aromatic carbocycles. The van der Waals surface area contributed by atoms with Crippen LogP contribution < -0.4 is 0 Å². The predicted octanol–water partition coefficient (Wildman–Crippen LogP) is 16.9. The normalized spacial score (nSPS) is 12.5. The van der Waals surface area contributed by atoms with Gasteiger partial charge in [-0.15, -0.1) is 0 Å². The standard InChI is InChI=1S/C55H96O6/c1-4-7-10-13-16-19-22-24-25-26-27-28-29-31-33-36-39-42-45-48-54(57)60-51-52(50-59-53(56)47-44-41-38-35-32-21-18-15-12-9-6-3)61-55(58)49-46-43-40-37-34-30-23-20-17-14-11-8-5-2/h16,19,24-25,27-28,31,33,39,42,52H,4-15,17-18,20-23,26,29-30,32,34-38,40-41,43-51H2,1-3H3/b19-16-,25-24-,28-27-,33-31-,42-39-/t52-/m0/s1. The molecule has 0 saturated heterocycles. The van der Waals surface area contributed by atoms with Crippen LogP contribution in [0.25, 0.3) is 0 Å². The van der Waals surface area contributed by atoms with Crippen LogP contribution >= 0.6 is 0 Å². The Hall–Kier alpha value is -2.89. The minimum absolute atomic E-state index is 0.0938. The fraction of sp³-hybridized carbons (Fsp3) is 0.764. The molecule has 0 fully saturated rings. The summed E-state index contributed by atoms with van der Waals surface area (Å²) in [5.74, 6) is -0.975. The van der Waals surface area contributed by atoms with E-state index in [-0.39, 0.29) is 37.5 Å². The molecule has 61 heavy (non-hydrogen) atoms. The maximum Gasteiger partial charge on any atom is 0.306 e. The highest BCUT2D eigenvalue weighted by Gasteiger charge is 2.19. The van der Waals surface area contributed by atoms with Gasteiger partial charge in [0.25, 0.3) is 0 Å². The van der Waals surface area contributed by atoms with Gasteiger partial charge in [0.05, 0.1) is 0 Å². The lowest BCUT2D eigenvalue weighted by atomic mass is 10.0. The lowest BCUT2D eigenvalue weighted by Gasteiger charge is -2.18. The Morgan fingerprint density at radius 3 is 1.02 bits per heavy atom.